The Kier molecular flexibility index (Phi) is 4.22. The zero-order valence-corrected chi connectivity index (χ0v) is 13.9. The number of aliphatic hydroxyl groups excluding tert-OH is 1. The Labute approximate surface area is 137 Å². The van der Waals surface area contributed by atoms with E-state index in [4.69, 9.17) is 0 Å². The highest BCUT2D eigenvalue weighted by molar-refractivity contribution is 6.03. The minimum absolute atomic E-state index is 0.0692. The predicted octanol–water partition coefficient (Wildman–Crippen LogP) is 4.08. The molecule has 2 aromatic rings. The molecule has 3 heteroatoms. The molecule has 3 rings (SSSR count). The van der Waals surface area contributed by atoms with Crippen molar-refractivity contribution in [1.82, 2.24) is 0 Å². The summed E-state index contributed by atoms with van der Waals surface area (Å²) in [5.74, 6) is -0.0425. The second-order valence-corrected chi connectivity index (χ2v) is 6.21. The van der Waals surface area contributed by atoms with Crippen molar-refractivity contribution in [3.05, 3.63) is 64.2 Å². The summed E-state index contributed by atoms with van der Waals surface area (Å²) in [6.07, 6.45) is 0.930. The van der Waals surface area contributed by atoms with Gasteiger partial charge in [0, 0.05) is 5.69 Å². The molecule has 1 aliphatic heterocycles. The Balaban J connectivity index is 2.10. The Morgan fingerprint density at radius 3 is 2.61 bits per heavy atom. The minimum Gasteiger partial charge on any atom is -0.384 e. The second kappa shape index (κ2) is 6.17. The van der Waals surface area contributed by atoms with Gasteiger partial charge in [-0.3, -0.25) is 4.79 Å². The topological polar surface area (TPSA) is 49.3 Å². The summed E-state index contributed by atoms with van der Waals surface area (Å²) in [6, 6.07) is 11.9. The van der Waals surface area contributed by atoms with Gasteiger partial charge in [0.2, 0.25) is 5.91 Å². The molecular formula is C20H23NO2. The molecule has 0 radical (unpaired) electrons. The van der Waals surface area contributed by atoms with Crippen LogP contribution >= 0.6 is 0 Å². The molecule has 3 nitrogen and oxygen atoms in total. The molecule has 1 amide bonds. The van der Waals surface area contributed by atoms with Crippen LogP contribution in [0, 0.1) is 6.92 Å². The summed E-state index contributed by atoms with van der Waals surface area (Å²) >= 11 is 0. The number of amides is 1. The van der Waals surface area contributed by atoms with Gasteiger partial charge in [0.1, 0.15) is 6.10 Å². The number of anilines is 1. The highest BCUT2D eigenvalue weighted by Gasteiger charge is 2.31. The van der Waals surface area contributed by atoms with Crippen LogP contribution in [-0.4, -0.2) is 11.0 Å². The van der Waals surface area contributed by atoms with E-state index in [9.17, 15) is 9.90 Å². The highest BCUT2D eigenvalue weighted by Crippen LogP contribution is 2.40. The first-order valence-corrected chi connectivity index (χ1v) is 8.28. The average Bonchev–Trinajstić information content (AvgIpc) is 2.88. The molecule has 2 aromatic carbocycles. The van der Waals surface area contributed by atoms with Crippen molar-refractivity contribution in [3.8, 4) is 0 Å². The number of aryl methyl sites for hydroxylation is 2. The van der Waals surface area contributed by atoms with Gasteiger partial charge in [-0.25, -0.2) is 0 Å². The van der Waals surface area contributed by atoms with Crippen LogP contribution in [0.1, 0.15) is 60.1 Å². The molecule has 0 bridgehead atoms. The number of benzene rings is 2. The molecule has 0 aliphatic carbocycles. The van der Waals surface area contributed by atoms with E-state index < -0.39 is 6.10 Å². The third-order valence-corrected chi connectivity index (χ3v) is 4.80. The maximum Gasteiger partial charge on any atom is 0.232 e. The van der Waals surface area contributed by atoms with Crippen LogP contribution in [0.25, 0.3) is 0 Å². The van der Waals surface area contributed by atoms with Crippen molar-refractivity contribution in [2.24, 2.45) is 0 Å². The maximum absolute atomic E-state index is 12.2. The number of carbonyl (C=O) groups excluding carboxylic acids is 1. The molecular weight excluding hydrogens is 286 g/mol. The normalized spacial score (nSPS) is 17.7. The largest absolute Gasteiger partial charge is 0.384 e. The lowest BCUT2D eigenvalue weighted by Gasteiger charge is -2.18. The van der Waals surface area contributed by atoms with Gasteiger partial charge in [-0.2, -0.15) is 0 Å². The van der Waals surface area contributed by atoms with Gasteiger partial charge in [0.15, 0.2) is 0 Å². The van der Waals surface area contributed by atoms with E-state index in [1.807, 2.05) is 50.2 Å². The Morgan fingerprint density at radius 2 is 1.96 bits per heavy atom. The first kappa shape index (κ1) is 15.8. The third-order valence-electron chi connectivity index (χ3n) is 4.80. The predicted molar refractivity (Wildman–Crippen MR) is 92.7 cm³/mol. The minimum atomic E-state index is -0.667. The fraction of sp³-hybridized carbons (Fsp3) is 0.350. The van der Waals surface area contributed by atoms with Crippen molar-refractivity contribution >= 4 is 11.6 Å². The lowest BCUT2D eigenvalue weighted by molar-refractivity contribution is -0.117. The quantitative estimate of drug-likeness (QED) is 0.894. The van der Waals surface area contributed by atoms with E-state index in [0.29, 0.717) is 0 Å². The lowest BCUT2D eigenvalue weighted by atomic mass is 9.89. The van der Waals surface area contributed by atoms with E-state index in [1.54, 1.807) is 0 Å². The van der Waals surface area contributed by atoms with Crippen molar-refractivity contribution in [2.45, 2.75) is 45.6 Å². The monoisotopic (exact) mass is 309 g/mol. The number of rotatable bonds is 4. The van der Waals surface area contributed by atoms with Gasteiger partial charge < -0.3 is 10.4 Å². The molecule has 0 fully saturated rings. The number of hydrogen-bond acceptors (Lipinski definition) is 2. The number of fused-ring (bicyclic) bond motifs is 1. The number of hydrogen-bond donors (Lipinski definition) is 2. The summed E-state index contributed by atoms with van der Waals surface area (Å²) in [7, 11) is 0. The van der Waals surface area contributed by atoms with Crippen molar-refractivity contribution in [3.63, 3.8) is 0 Å². The second-order valence-electron chi connectivity index (χ2n) is 6.21. The summed E-state index contributed by atoms with van der Waals surface area (Å²) in [6.45, 7) is 6.10. The van der Waals surface area contributed by atoms with Crippen LogP contribution in [-0.2, 0) is 11.2 Å². The first-order chi connectivity index (χ1) is 11.1. The molecule has 0 saturated heterocycles. The summed E-state index contributed by atoms with van der Waals surface area (Å²) < 4.78 is 0. The molecule has 2 atom stereocenters. The zero-order valence-electron chi connectivity index (χ0n) is 13.9. The molecule has 0 saturated carbocycles. The summed E-state index contributed by atoms with van der Waals surface area (Å²) in [4.78, 5) is 12.2. The van der Waals surface area contributed by atoms with E-state index in [1.165, 1.54) is 0 Å². The Morgan fingerprint density at radius 1 is 1.22 bits per heavy atom. The maximum atomic E-state index is 12.2. The van der Waals surface area contributed by atoms with Crippen LogP contribution in [0.4, 0.5) is 5.69 Å². The van der Waals surface area contributed by atoms with Crippen molar-refractivity contribution in [1.29, 1.82) is 0 Å². The lowest BCUT2D eigenvalue weighted by Crippen LogP contribution is -2.11. The fourth-order valence-electron chi connectivity index (χ4n) is 3.45. The van der Waals surface area contributed by atoms with Gasteiger partial charge in [-0.1, -0.05) is 44.2 Å². The third kappa shape index (κ3) is 2.66. The zero-order chi connectivity index (χ0) is 16.6. The molecule has 23 heavy (non-hydrogen) atoms. The van der Waals surface area contributed by atoms with Gasteiger partial charge in [0.25, 0.3) is 0 Å². The number of aliphatic hydroxyl groups is 1. The van der Waals surface area contributed by atoms with Crippen LogP contribution in [0.5, 0.6) is 0 Å². The molecule has 1 aliphatic rings. The van der Waals surface area contributed by atoms with Crippen LogP contribution < -0.4 is 5.32 Å². The van der Waals surface area contributed by atoms with Crippen LogP contribution in [0.3, 0.4) is 0 Å². The molecule has 2 unspecified atom stereocenters. The first-order valence-electron chi connectivity index (χ1n) is 8.28. The van der Waals surface area contributed by atoms with Gasteiger partial charge >= 0.3 is 0 Å². The van der Waals surface area contributed by atoms with Crippen molar-refractivity contribution < 1.29 is 9.90 Å². The van der Waals surface area contributed by atoms with Gasteiger partial charge in [-0.15, -0.1) is 0 Å². The van der Waals surface area contributed by atoms with E-state index in [0.717, 1.165) is 46.3 Å². The number of carbonyl (C=O) groups is 1. The smallest absolute Gasteiger partial charge is 0.232 e. The van der Waals surface area contributed by atoms with Crippen LogP contribution in [0.15, 0.2) is 36.4 Å². The average molecular weight is 309 g/mol. The van der Waals surface area contributed by atoms with E-state index >= 15 is 0 Å². The fourth-order valence-corrected chi connectivity index (χ4v) is 3.45. The van der Waals surface area contributed by atoms with Crippen LogP contribution in [0.2, 0.25) is 0 Å². The summed E-state index contributed by atoms with van der Waals surface area (Å²) in [5, 5.41) is 13.9. The SMILES string of the molecule is CCc1cc(C(O)c2ccccc2C)cc2c1NC(=O)C2CC. The Bertz CT molecular complexity index is 751. The van der Waals surface area contributed by atoms with E-state index in [2.05, 4.69) is 12.2 Å². The number of nitrogens with one attached hydrogen (secondary N) is 1. The van der Waals surface area contributed by atoms with Gasteiger partial charge in [-0.05, 0) is 53.6 Å². The summed E-state index contributed by atoms with van der Waals surface area (Å²) in [5.41, 5.74) is 5.92. The van der Waals surface area contributed by atoms with Gasteiger partial charge in [0.05, 0.1) is 5.92 Å². The Hall–Kier alpha value is -2.13. The standard InChI is InChI=1S/C20H23NO2/c1-4-13-10-14(19(22)16-9-7-6-8-12(16)3)11-17-15(5-2)20(23)21-18(13)17/h6-11,15,19,22H,4-5H2,1-3H3,(H,21,23). The molecule has 0 spiro atoms. The molecule has 120 valence electrons. The molecule has 2 N–H and O–H groups in total. The molecule has 1 heterocycles. The van der Waals surface area contributed by atoms with E-state index in [-0.39, 0.29) is 11.8 Å². The molecule has 0 aromatic heterocycles. The van der Waals surface area contributed by atoms with Crippen molar-refractivity contribution in [2.75, 3.05) is 5.32 Å². The highest BCUT2D eigenvalue weighted by atomic mass is 16.3.